The summed E-state index contributed by atoms with van der Waals surface area (Å²) < 4.78 is 11.6. The zero-order chi connectivity index (χ0) is 25.2. The number of carbonyl (C=O) groups excluding carboxylic acids is 2. The van der Waals surface area contributed by atoms with Crippen molar-refractivity contribution in [1.29, 1.82) is 0 Å². The van der Waals surface area contributed by atoms with Crippen LogP contribution < -0.4 is 10.1 Å². The van der Waals surface area contributed by atoms with Crippen molar-refractivity contribution >= 4 is 11.8 Å². The molecule has 36 heavy (non-hydrogen) atoms. The van der Waals surface area contributed by atoms with Gasteiger partial charge in [-0.05, 0) is 75.1 Å². The molecular weight excluding hydrogens is 454 g/mol. The molecule has 1 saturated carbocycles. The fraction of sp³-hybridized carbons (Fsp3) is 0.400. The smallest absolute Gasteiger partial charge is 0.337 e. The van der Waals surface area contributed by atoms with Gasteiger partial charge in [0.05, 0.1) is 12.2 Å². The van der Waals surface area contributed by atoms with Gasteiger partial charge in [0.2, 0.25) is 0 Å². The molecular formula is C30H33NO5. The van der Waals surface area contributed by atoms with Crippen LogP contribution in [0.4, 0.5) is 0 Å². The number of benzene rings is 2. The summed E-state index contributed by atoms with van der Waals surface area (Å²) in [6.07, 6.45) is 4.83. The number of aromatic hydroxyl groups is 1. The minimum atomic E-state index is -0.584. The van der Waals surface area contributed by atoms with Gasteiger partial charge < -0.3 is 19.9 Å². The number of esters is 1. The second kappa shape index (κ2) is 10.2. The highest BCUT2D eigenvalue weighted by Crippen LogP contribution is 2.47. The summed E-state index contributed by atoms with van der Waals surface area (Å²) >= 11 is 0. The highest BCUT2D eigenvalue weighted by Gasteiger charge is 2.42. The van der Waals surface area contributed by atoms with Gasteiger partial charge in [-0.2, -0.15) is 0 Å². The van der Waals surface area contributed by atoms with Crippen molar-refractivity contribution in [3.8, 4) is 11.5 Å². The van der Waals surface area contributed by atoms with Gasteiger partial charge in [0.15, 0.2) is 17.3 Å². The summed E-state index contributed by atoms with van der Waals surface area (Å²) in [5.41, 5.74) is 4.49. The molecule has 0 unspecified atom stereocenters. The molecule has 6 nitrogen and oxygen atoms in total. The standard InChI is InChI=1S/C30H33NO5/c1-3-35-26-17-20(13-14-24(26)32)28-27(30(34)36-22-11-7-8-12-22)18(2)31-23-15-21(16-25(33)29(23)28)19-9-5-4-6-10-19/h4-6,9-10,13-14,17,21-22,28,31-32H,3,7-8,11-12,15-16H2,1-2H3/t21-,28+/m1/s1. The molecule has 1 heterocycles. The highest BCUT2D eigenvalue weighted by atomic mass is 16.5. The van der Waals surface area contributed by atoms with Crippen LogP contribution >= 0.6 is 0 Å². The molecule has 2 aliphatic carbocycles. The normalized spacial score (nSPS) is 22.3. The maximum atomic E-state index is 13.7. The van der Waals surface area contributed by atoms with Crippen LogP contribution in [0.5, 0.6) is 11.5 Å². The van der Waals surface area contributed by atoms with Crippen LogP contribution in [0.3, 0.4) is 0 Å². The molecule has 2 aromatic rings. The van der Waals surface area contributed by atoms with Crippen LogP contribution in [-0.4, -0.2) is 29.6 Å². The molecule has 0 radical (unpaired) electrons. The Morgan fingerprint density at radius 2 is 1.81 bits per heavy atom. The van der Waals surface area contributed by atoms with Crippen molar-refractivity contribution in [1.82, 2.24) is 5.32 Å². The Kier molecular flexibility index (Phi) is 6.86. The average molecular weight is 488 g/mol. The molecule has 0 aromatic heterocycles. The molecule has 6 heteroatoms. The van der Waals surface area contributed by atoms with E-state index in [9.17, 15) is 14.7 Å². The van der Waals surface area contributed by atoms with E-state index in [-0.39, 0.29) is 29.5 Å². The molecule has 0 bridgehead atoms. The lowest BCUT2D eigenvalue weighted by molar-refractivity contribution is -0.144. The van der Waals surface area contributed by atoms with E-state index in [1.54, 1.807) is 18.2 Å². The summed E-state index contributed by atoms with van der Waals surface area (Å²) in [7, 11) is 0. The molecule has 188 valence electrons. The molecule has 0 amide bonds. The van der Waals surface area contributed by atoms with Crippen LogP contribution in [0.15, 0.2) is 71.1 Å². The SMILES string of the molecule is CCOc1cc([C@H]2C(C(=O)OC3CCCC3)=C(C)NC3=C2C(=O)C[C@H](c2ccccc2)C3)ccc1O. The molecule has 2 atom stereocenters. The fourth-order valence-corrected chi connectivity index (χ4v) is 5.81. The van der Waals surface area contributed by atoms with Crippen LogP contribution in [-0.2, 0) is 14.3 Å². The van der Waals surface area contributed by atoms with Crippen LogP contribution in [0, 0.1) is 0 Å². The predicted octanol–water partition coefficient (Wildman–Crippen LogP) is 5.64. The van der Waals surface area contributed by atoms with E-state index in [0.29, 0.717) is 42.0 Å². The number of phenolic OH excluding ortho intramolecular Hbond substituents is 1. The summed E-state index contributed by atoms with van der Waals surface area (Å²) in [6, 6.07) is 15.2. The number of rotatable bonds is 6. The van der Waals surface area contributed by atoms with Gasteiger partial charge in [-0.25, -0.2) is 4.79 Å². The molecule has 1 fully saturated rings. The van der Waals surface area contributed by atoms with Gasteiger partial charge in [0, 0.05) is 29.3 Å². The van der Waals surface area contributed by atoms with Crippen molar-refractivity contribution in [2.75, 3.05) is 6.61 Å². The molecule has 0 spiro atoms. The maximum Gasteiger partial charge on any atom is 0.337 e. The van der Waals surface area contributed by atoms with Gasteiger partial charge in [-0.1, -0.05) is 36.4 Å². The zero-order valence-corrected chi connectivity index (χ0v) is 20.9. The number of hydrogen-bond donors (Lipinski definition) is 2. The number of dihydropyridines is 1. The molecule has 2 N–H and O–H groups in total. The van der Waals surface area contributed by atoms with E-state index in [0.717, 1.165) is 42.5 Å². The van der Waals surface area contributed by atoms with Crippen molar-refractivity contribution in [2.45, 2.75) is 70.3 Å². The lowest BCUT2D eigenvalue weighted by Crippen LogP contribution is -2.36. The molecule has 5 rings (SSSR count). The first-order valence-electron chi connectivity index (χ1n) is 12.9. The van der Waals surface area contributed by atoms with Gasteiger partial charge in [-0.3, -0.25) is 4.79 Å². The van der Waals surface area contributed by atoms with E-state index >= 15 is 0 Å². The molecule has 1 aliphatic heterocycles. The summed E-state index contributed by atoms with van der Waals surface area (Å²) in [6.45, 7) is 4.11. The Bertz CT molecular complexity index is 1220. The lowest BCUT2D eigenvalue weighted by atomic mass is 9.71. The summed E-state index contributed by atoms with van der Waals surface area (Å²) in [5, 5.41) is 13.7. The summed E-state index contributed by atoms with van der Waals surface area (Å²) in [4.78, 5) is 27.3. The summed E-state index contributed by atoms with van der Waals surface area (Å²) in [5.74, 6) is -0.510. The lowest BCUT2D eigenvalue weighted by Gasteiger charge is -2.37. The largest absolute Gasteiger partial charge is 0.504 e. The third-order valence-corrected chi connectivity index (χ3v) is 7.51. The second-order valence-corrected chi connectivity index (χ2v) is 9.90. The van der Waals surface area contributed by atoms with E-state index < -0.39 is 5.92 Å². The number of phenols is 1. The number of hydrogen-bond acceptors (Lipinski definition) is 6. The predicted molar refractivity (Wildman–Crippen MR) is 137 cm³/mol. The Morgan fingerprint density at radius 1 is 1.06 bits per heavy atom. The minimum Gasteiger partial charge on any atom is -0.504 e. The van der Waals surface area contributed by atoms with E-state index in [4.69, 9.17) is 9.47 Å². The second-order valence-electron chi connectivity index (χ2n) is 9.90. The Labute approximate surface area is 212 Å². The van der Waals surface area contributed by atoms with Crippen LogP contribution in [0.25, 0.3) is 0 Å². The van der Waals surface area contributed by atoms with E-state index in [1.165, 1.54) is 0 Å². The topological polar surface area (TPSA) is 84.9 Å². The molecule has 2 aromatic carbocycles. The Balaban J connectivity index is 1.57. The van der Waals surface area contributed by atoms with E-state index in [2.05, 4.69) is 17.4 Å². The van der Waals surface area contributed by atoms with Crippen molar-refractivity contribution < 1.29 is 24.2 Å². The van der Waals surface area contributed by atoms with Gasteiger partial charge in [-0.15, -0.1) is 0 Å². The maximum absolute atomic E-state index is 13.7. The van der Waals surface area contributed by atoms with Crippen LogP contribution in [0.2, 0.25) is 0 Å². The average Bonchev–Trinajstić information content (AvgIpc) is 3.38. The third-order valence-electron chi connectivity index (χ3n) is 7.51. The Morgan fingerprint density at radius 3 is 2.53 bits per heavy atom. The number of allylic oxidation sites excluding steroid dienone is 3. The molecule has 0 saturated heterocycles. The van der Waals surface area contributed by atoms with Gasteiger partial charge >= 0.3 is 5.97 Å². The molecule has 3 aliphatic rings. The number of nitrogens with one attached hydrogen (secondary N) is 1. The van der Waals surface area contributed by atoms with Crippen molar-refractivity contribution in [2.24, 2.45) is 0 Å². The monoisotopic (exact) mass is 487 g/mol. The number of ether oxygens (including phenoxy) is 2. The number of carbonyl (C=O) groups is 2. The minimum absolute atomic E-state index is 0.0207. The number of Topliss-reactive ketones (excluding diaryl/α,β-unsaturated/α-hetero) is 1. The zero-order valence-electron chi connectivity index (χ0n) is 20.9. The van der Waals surface area contributed by atoms with E-state index in [1.807, 2.05) is 32.0 Å². The van der Waals surface area contributed by atoms with Crippen molar-refractivity contribution in [3.63, 3.8) is 0 Å². The van der Waals surface area contributed by atoms with Gasteiger partial charge in [0.1, 0.15) is 6.10 Å². The van der Waals surface area contributed by atoms with Gasteiger partial charge in [0.25, 0.3) is 0 Å². The fourth-order valence-electron chi connectivity index (χ4n) is 5.81. The first-order chi connectivity index (χ1) is 17.5. The van der Waals surface area contributed by atoms with Crippen LogP contribution in [0.1, 0.15) is 75.3 Å². The highest BCUT2D eigenvalue weighted by molar-refractivity contribution is 6.04. The van der Waals surface area contributed by atoms with Crippen molar-refractivity contribution in [3.05, 3.63) is 82.2 Å². The first kappa shape index (κ1) is 24.2. The first-order valence-corrected chi connectivity index (χ1v) is 12.9. The quantitative estimate of drug-likeness (QED) is 0.513. The Hall–Kier alpha value is -3.54. The number of ketones is 1. The third kappa shape index (κ3) is 4.64.